The van der Waals surface area contributed by atoms with Crippen molar-refractivity contribution in [3.05, 3.63) is 0 Å². The molecule has 0 saturated carbocycles. The third kappa shape index (κ3) is 3.03. The number of hydrogen-bond acceptors (Lipinski definition) is 5. The van der Waals surface area contributed by atoms with Gasteiger partial charge in [0.1, 0.15) is 0 Å². The third-order valence-corrected chi connectivity index (χ3v) is 5.61. The lowest BCUT2D eigenvalue weighted by atomic mass is 10.4. The lowest BCUT2D eigenvalue weighted by Gasteiger charge is -2.28. The Kier molecular flexibility index (Phi) is 4.80. The molecule has 0 aliphatic heterocycles. The van der Waals surface area contributed by atoms with Crippen LogP contribution >= 0.6 is 28.0 Å². The summed E-state index contributed by atoms with van der Waals surface area (Å²) in [5.41, 5.74) is 0. The second kappa shape index (κ2) is 4.61. The van der Waals surface area contributed by atoms with Gasteiger partial charge in [-0.1, -0.05) is 12.8 Å². The molecule has 0 aromatic heterocycles. The molecular formula is C3H11NO7P2S. The van der Waals surface area contributed by atoms with Gasteiger partial charge in [-0.25, -0.2) is 0 Å². The average Bonchev–Trinajstić information content (AvgIpc) is 1.95. The van der Waals surface area contributed by atoms with E-state index in [1.807, 2.05) is 0 Å². The third-order valence-electron chi connectivity index (χ3n) is 1.51. The number of rotatable bonds is 5. The first kappa shape index (κ1) is 14.6. The summed E-state index contributed by atoms with van der Waals surface area (Å²) < 4.78 is 23.5. The van der Waals surface area contributed by atoms with E-state index < -0.39 is 26.7 Å². The van der Waals surface area contributed by atoms with Crippen molar-refractivity contribution in [2.75, 3.05) is 6.54 Å². The molecule has 8 nitrogen and oxygen atoms in total. The van der Waals surface area contributed by atoms with Gasteiger partial charge in [-0.15, -0.1) is 0 Å². The summed E-state index contributed by atoms with van der Waals surface area (Å²) in [7, 11) is -10.6. The molecule has 0 saturated heterocycles. The fourth-order valence-electron chi connectivity index (χ4n) is 0.685. The highest BCUT2D eigenvalue weighted by molar-refractivity contribution is 7.78. The van der Waals surface area contributed by atoms with E-state index in [9.17, 15) is 14.2 Å². The van der Waals surface area contributed by atoms with Crippen molar-refractivity contribution in [1.82, 2.24) is 4.72 Å². The van der Waals surface area contributed by atoms with E-state index in [4.69, 9.17) is 19.6 Å². The van der Waals surface area contributed by atoms with Crippen molar-refractivity contribution in [2.45, 2.75) is 11.5 Å². The van der Waals surface area contributed by atoms with Crippen LogP contribution in [0.1, 0.15) is 6.42 Å². The molecule has 0 bridgehead atoms. The quantitative estimate of drug-likeness (QED) is 0.243. The lowest BCUT2D eigenvalue weighted by Crippen LogP contribution is -2.31. The van der Waals surface area contributed by atoms with Gasteiger partial charge in [0.25, 0.3) is 5.08 Å². The van der Waals surface area contributed by atoms with Crippen LogP contribution in [-0.4, -0.2) is 36.3 Å². The molecule has 0 atom stereocenters. The minimum absolute atomic E-state index is 0.268. The van der Waals surface area contributed by atoms with E-state index in [1.165, 1.54) is 0 Å². The summed E-state index contributed by atoms with van der Waals surface area (Å²) in [5, 5.41) is 5.86. The van der Waals surface area contributed by atoms with Crippen molar-refractivity contribution >= 4 is 28.0 Å². The molecule has 11 heteroatoms. The van der Waals surface area contributed by atoms with Crippen LogP contribution in [0.4, 0.5) is 0 Å². The zero-order valence-electron chi connectivity index (χ0n) is 6.81. The molecule has 0 rings (SSSR count). The van der Waals surface area contributed by atoms with Crippen molar-refractivity contribution < 1.29 is 33.8 Å². The molecule has 0 amide bonds. The van der Waals surface area contributed by atoms with Crippen LogP contribution in [0, 0.1) is 0 Å². The van der Waals surface area contributed by atoms with Crippen LogP contribution in [0.2, 0.25) is 0 Å². The van der Waals surface area contributed by atoms with Gasteiger partial charge in [0.15, 0.2) is 0 Å². The van der Waals surface area contributed by atoms with E-state index >= 15 is 0 Å². The van der Waals surface area contributed by atoms with Gasteiger partial charge >= 0.3 is 15.2 Å². The van der Waals surface area contributed by atoms with Crippen LogP contribution < -0.4 is 4.72 Å². The normalized spacial score (nSPS) is 14.4. The predicted molar refractivity (Wildman–Crippen MR) is 50.6 cm³/mol. The van der Waals surface area contributed by atoms with Crippen LogP contribution in [0.15, 0.2) is 0 Å². The van der Waals surface area contributed by atoms with Gasteiger partial charge in [0.2, 0.25) is 0 Å². The molecule has 0 aromatic rings. The minimum atomic E-state index is -5.32. The topological polar surface area (TPSA) is 147 Å². The maximum Gasteiger partial charge on any atom is 0.369 e. The summed E-state index contributed by atoms with van der Waals surface area (Å²) in [6.07, 6.45) is -0.814. The fourth-order valence-corrected chi connectivity index (χ4v) is 2.96. The summed E-state index contributed by atoms with van der Waals surface area (Å²) in [6, 6.07) is 0. The Morgan fingerprint density at radius 2 is 1.50 bits per heavy atom. The smallest absolute Gasteiger partial charge is 0.367 e. The first-order valence-corrected chi connectivity index (χ1v) is 6.94. The van der Waals surface area contributed by atoms with Crippen LogP contribution in [0.3, 0.4) is 0 Å². The van der Waals surface area contributed by atoms with Crippen LogP contribution in [-0.2, 0) is 9.13 Å². The monoisotopic (exact) mass is 267 g/mol. The number of hydrogen-bond donors (Lipinski definition) is 7. The first-order valence-electron chi connectivity index (χ1n) is 3.27. The summed E-state index contributed by atoms with van der Waals surface area (Å²) in [5.74, 6) is 0. The zero-order chi connectivity index (χ0) is 11.6. The SMILES string of the molecule is O=P(O)(O)C(O)(CCNS)P(=O)(O)O. The Labute approximate surface area is 85.2 Å². The highest BCUT2D eigenvalue weighted by Gasteiger charge is 2.58. The average molecular weight is 267 g/mol. The molecule has 0 aliphatic carbocycles. The maximum atomic E-state index is 10.7. The fraction of sp³-hybridized carbons (Fsp3) is 1.00. The van der Waals surface area contributed by atoms with E-state index in [1.54, 1.807) is 0 Å². The van der Waals surface area contributed by atoms with E-state index in [2.05, 4.69) is 17.5 Å². The molecule has 6 N–H and O–H groups in total. The van der Waals surface area contributed by atoms with E-state index in [-0.39, 0.29) is 6.54 Å². The number of thiol groups is 1. The molecule has 14 heavy (non-hydrogen) atoms. The lowest BCUT2D eigenvalue weighted by molar-refractivity contribution is 0.124. The van der Waals surface area contributed by atoms with Crippen LogP contribution in [0.25, 0.3) is 0 Å². The Morgan fingerprint density at radius 3 is 1.71 bits per heavy atom. The number of aliphatic hydroxyl groups is 1. The van der Waals surface area contributed by atoms with Crippen LogP contribution in [0.5, 0.6) is 0 Å². The van der Waals surface area contributed by atoms with Gasteiger partial charge in [0.05, 0.1) is 0 Å². The minimum Gasteiger partial charge on any atom is -0.367 e. The molecule has 0 radical (unpaired) electrons. The van der Waals surface area contributed by atoms with E-state index in [0.29, 0.717) is 0 Å². The molecule has 0 aliphatic rings. The second-order valence-corrected chi connectivity index (χ2v) is 6.85. The largest absolute Gasteiger partial charge is 0.369 e. The predicted octanol–water partition coefficient (Wildman–Crippen LogP) is -1.19. The zero-order valence-corrected chi connectivity index (χ0v) is 9.49. The molecule has 0 fully saturated rings. The van der Waals surface area contributed by atoms with Gasteiger partial charge in [0, 0.05) is 13.0 Å². The molecule has 0 aromatic carbocycles. The van der Waals surface area contributed by atoms with E-state index in [0.717, 1.165) is 0 Å². The molecule has 0 spiro atoms. The maximum absolute atomic E-state index is 10.7. The van der Waals surface area contributed by atoms with Crippen molar-refractivity contribution in [1.29, 1.82) is 0 Å². The Morgan fingerprint density at radius 1 is 1.14 bits per heavy atom. The van der Waals surface area contributed by atoms with Crippen molar-refractivity contribution in [2.24, 2.45) is 0 Å². The second-order valence-electron chi connectivity index (χ2n) is 2.52. The Hall–Kier alpha value is 0.570. The summed E-state index contributed by atoms with van der Waals surface area (Å²) in [4.78, 5) is 34.5. The molecule has 0 heterocycles. The highest BCUT2D eigenvalue weighted by atomic mass is 32.1. The Balaban J connectivity index is 5.08. The molecular weight excluding hydrogens is 256 g/mol. The van der Waals surface area contributed by atoms with Gasteiger partial charge in [-0.2, -0.15) is 0 Å². The number of nitrogens with one attached hydrogen (secondary N) is 1. The van der Waals surface area contributed by atoms with Gasteiger partial charge < -0.3 is 24.7 Å². The van der Waals surface area contributed by atoms with Gasteiger partial charge in [-0.05, 0) is 0 Å². The van der Waals surface area contributed by atoms with Gasteiger partial charge in [-0.3, -0.25) is 13.9 Å². The first-order chi connectivity index (χ1) is 6.06. The van der Waals surface area contributed by atoms with Crippen molar-refractivity contribution in [3.63, 3.8) is 0 Å². The molecule has 0 unspecified atom stereocenters. The van der Waals surface area contributed by atoms with Crippen molar-refractivity contribution in [3.8, 4) is 0 Å². The summed E-state index contributed by atoms with van der Waals surface area (Å²) >= 11 is 3.46. The standard InChI is InChI=1S/C3H11NO7P2S/c5-3(1-2-4-14,12(6,7)8)13(9,10)11/h4-5,14H,1-2H2,(H2,6,7,8)(H2,9,10,11). The summed E-state index contributed by atoms with van der Waals surface area (Å²) in [6.45, 7) is -0.268. The highest BCUT2D eigenvalue weighted by Crippen LogP contribution is 2.68. The molecule has 86 valence electrons. The Bertz CT molecular complexity index is 261.